The first-order valence-electron chi connectivity index (χ1n) is 4.39. The van der Waals surface area contributed by atoms with Crippen LogP contribution in [-0.2, 0) is 0 Å². The van der Waals surface area contributed by atoms with E-state index in [9.17, 15) is 4.79 Å². The highest BCUT2D eigenvalue weighted by atomic mass is 16.1. The fraction of sp³-hybridized carbons (Fsp3) is 0.375. The molecule has 1 aromatic heterocycles. The van der Waals surface area contributed by atoms with Gasteiger partial charge in [0.05, 0.1) is 6.20 Å². The lowest BCUT2D eigenvalue weighted by molar-refractivity contribution is 0.0948. The average Bonchev–Trinajstić information content (AvgIpc) is 2.30. The zero-order valence-corrected chi connectivity index (χ0v) is 8.00. The van der Waals surface area contributed by atoms with E-state index in [0.717, 1.165) is 0 Å². The van der Waals surface area contributed by atoms with Gasteiger partial charge < -0.3 is 5.32 Å². The minimum Gasteiger partial charge on any atom is -0.351 e. The highest BCUT2D eigenvalue weighted by Gasteiger charge is 2.04. The van der Waals surface area contributed by atoms with Crippen LogP contribution in [0.5, 0.6) is 0 Å². The Labute approximate surface area is 86.2 Å². The van der Waals surface area contributed by atoms with Crippen LogP contribution in [0.15, 0.2) is 23.7 Å². The molecule has 0 atom stereocenters. The zero-order valence-electron chi connectivity index (χ0n) is 8.00. The fourth-order valence-electron chi connectivity index (χ4n) is 0.903. The maximum atomic E-state index is 11.4. The van der Waals surface area contributed by atoms with Crippen molar-refractivity contribution >= 4 is 5.91 Å². The van der Waals surface area contributed by atoms with Gasteiger partial charge in [-0.15, -0.1) is 0 Å². The van der Waals surface area contributed by atoms with Gasteiger partial charge in [0.2, 0.25) is 0 Å². The van der Waals surface area contributed by atoms with Crippen LogP contribution < -0.4 is 5.32 Å². The number of rotatable bonds is 5. The normalized spacial score (nSPS) is 9.07. The van der Waals surface area contributed by atoms with Crippen molar-refractivity contribution in [1.29, 1.82) is 0 Å². The molecule has 1 N–H and O–H groups in total. The summed E-state index contributed by atoms with van der Waals surface area (Å²) in [6.45, 7) is 0.825. The Morgan fingerprint density at radius 3 is 3.13 bits per heavy atom. The van der Waals surface area contributed by atoms with Gasteiger partial charge in [-0.25, -0.2) is 4.98 Å². The van der Waals surface area contributed by atoms with Crippen LogP contribution in [0.25, 0.3) is 10.4 Å². The molecule has 0 unspecified atom stereocenters. The lowest BCUT2D eigenvalue weighted by Gasteiger charge is -2.01. The maximum Gasteiger partial charge on any atom is 0.271 e. The summed E-state index contributed by atoms with van der Waals surface area (Å²) < 4.78 is 0. The Hall–Kier alpha value is -2.14. The van der Waals surface area contributed by atoms with Gasteiger partial charge in [0, 0.05) is 30.4 Å². The molecule has 15 heavy (non-hydrogen) atoms. The van der Waals surface area contributed by atoms with E-state index < -0.39 is 0 Å². The fourth-order valence-corrected chi connectivity index (χ4v) is 0.903. The van der Waals surface area contributed by atoms with E-state index in [4.69, 9.17) is 5.53 Å². The Morgan fingerprint density at radius 2 is 2.47 bits per heavy atom. The second kappa shape index (κ2) is 6.33. The first kappa shape index (κ1) is 10.9. The first-order valence-corrected chi connectivity index (χ1v) is 4.39. The Bertz CT molecular complexity index is 359. The molecule has 7 heteroatoms. The molecule has 0 radical (unpaired) electrons. The molecule has 0 aliphatic rings. The van der Waals surface area contributed by atoms with E-state index in [1.54, 1.807) is 0 Å². The van der Waals surface area contributed by atoms with Crippen LogP contribution in [0.2, 0.25) is 0 Å². The molecule has 0 bridgehead atoms. The number of hydrogen-bond donors (Lipinski definition) is 1. The Kier molecular flexibility index (Phi) is 4.62. The van der Waals surface area contributed by atoms with Crippen LogP contribution >= 0.6 is 0 Å². The number of azide groups is 1. The number of nitrogens with zero attached hydrogens (tertiary/aromatic N) is 5. The third-order valence-electron chi connectivity index (χ3n) is 1.58. The highest BCUT2D eigenvalue weighted by Crippen LogP contribution is 1.89. The summed E-state index contributed by atoms with van der Waals surface area (Å²) >= 11 is 0. The number of nitrogens with one attached hydrogen (secondary N) is 1. The van der Waals surface area contributed by atoms with Crippen molar-refractivity contribution in [2.75, 3.05) is 13.1 Å². The van der Waals surface area contributed by atoms with Crippen LogP contribution in [0.4, 0.5) is 0 Å². The van der Waals surface area contributed by atoms with Gasteiger partial charge in [-0.3, -0.25) is 9.78 Å². The molecule has 1 aromatic rings. The summed E-state index contributed by atoms with van der Waals surface area (Å²) in [5, 5.41) is 5.98. The molecule has 0 aliphatic heterocycles. The van der Waals surface area contributed by atoms with E-state index in [0.29, 0.717) is 19.5 Å². The number of hydrogen-bond acceptors (Lipinski definition) is 4. The average molecular weight is 206 g/mol. The summed E-state index contributed by atoms with van der Waals surface area (Å²) in [5.41, 5.74) is 8.28. The van der Waals surface area contributed by atoms with Gasteiger partial charge in [0.1, 0.15) is 5.69 Å². The molecule has 1 amide bonds. The molecule has 0 spiro atoms. The monoisotopic (exact) mass is 206 g/mol. The second-order valence-corrected chi connectivity index (χ2v) is 2.65. The molecular formula is C8H10N6O. The van der Waals surface area contributed by atoms with Crippen molar-refractivity contribution in [2.45, 2.75) is 6.42 Å². The summed E-state index contributed by atoms with van der Waals surface area (Å²) in [5.74, 6) is -0.274. The quantitative estimate of drug-likeness (QED) is 0.335. The predicted octanol–water partition coefficient (Wildman–Crippen LogP) is 0.907. The smallest absolute Gasteiger partial charge is 0.271 e. The van der Waals surface area contributed by atoms with E-state index in [2.05, 4.69) is 25.3 Å². The molecule has 0 aromatic carbocycles. The molecular weight excluding hydrogens is 196 g/mol. The highest BCUT2D eigenvalue weighted by molar-refractivity contribution is 5.91. The second-order valence-electron chi connectivity index (χ2n) is 2.65. The van der Waals surface area contributed by atoms with Crippen molar-refractivity contribution < 1.29 is 4.79 Å². The van der Waals surface area contributed by atoms with E-state index in [-0.39, 0.29) is 11.6 Å². The number of amides is 1. The lowest BCUT2D eigenvalue weighted by atomic mass is 10.4. The molecule has 1 rings (SSSR count). The van der Waals surface area contributed by atoms with E-state index >= 15 is 0 Å². The van der Waals surface area contributed by atoms with Gasteiger partial charge in [0.15, 0.2) is 0 Å². The van der Waals surface area contributed by atoms with Crippen molar-refractivity contribution in [3.05, 3.63) is 34.7 Å². The van der Waals surface area contributed by atoms with Crippen LogP contribution in [0.3, 0.4) is 0 Å². The van der Waals surface area contributed by atoms with Crippen molar-refractivity contribution in [3.63, 3.8) is 0 Å². The molecule has 0 saturated carbocycles. The summed E-state index contributed by atoms with van der Waals surface area (Å²) in [6.07, 6.45) is 4.95. The largest absolute Gasteiger partial charge is 0.351 e. The summed E-state index contributed by atoms with van der Waals surface area (Å²) in [7, 11) is 0. The van der Waals surface area contributed by atoms with Crippen LogP contribution in [-0.4, -0.2) is 29.0 Å². The van der Waals surface area contributed by atoms with Gasteiger partial charge in [-0.2, -0.15) is 0 Å². The molecule has 0 fully saturated rings. The molecule has 0 aliphatic carbocycles. The third-order valence-corrected chi connectivity index (χ3v) is 1.58. The van der Waals surface area contributed by atoms with E-state index in [1.165, 1.54) is 18.6 Å². The number of aromatic nitrogens is 2. The molecule has 0 saturated heterocycles. The van der Waals surface area contributed by atoms with Crippen LogP contribution in [0.1, 0.15) is 16.9 Å². The standard InChI is InChI=1S/C8H10N6O/c9-14-13-3-1-2-12-8(15)7-6-10-4-5-11-7/h4-6H,1-3H2,(H,12,15). The number of carbonyl (C=O) groups excluding carboxylic acids is 1. The molecule has 78 valence electrons. The van der Waals surface area contributed by atoms with Gasteiger partial charge in [0.25, 0.3) is 5.91 Å². The van der Waals surface area contributed by atoms with Crippen LogP contribution in [0, 0.1) is 0 Å². The topological polar surface area (TPSA) is 104 Å². The Balaban J connectivity index is 2.28. The van der Waals surface area contributed by atoms with Crippen molar-refractivity contribution in [1.82, 2.24) is 15.3 Å². The first-order chi connectivity index (χ1) is 7.34. The molecule has 7 nitrogen and oxygen atoms in total. The summed E-state index contributed by atoms with van der Waals surface area (Å²) in [4.78, 5) is 21.6. The number of carbonyl (C=O) groups is 1. The van der Waals surface area contributed by atoms with Gasteiger partial charge in [-0.1, -0.05) is 5.11 Å². The van der Waals surface area contributed by atoms with Gasteiger partial charge in [-0.05, 0) is 12.0 Å². The van der Waals surface area contributed by atoms with Crippen molar-refractivity contribution in [2.24, 2.45) is 5.11 Å². The third kappa shape index (κ3) is 4.06. The molecule has 1 heterocycles. The Morgan fingerprint density at radius 1 is 1.60 bits per heavy atom. The van der Waals surface area contributed by atoms with Crippen molar-refractivity contribution in [3.8, 4) is 0 Å². The van der Waals surface area contributed by atoms with Gasteiger partial charge >= 0.3 is 0 Å². The summed E-state index contributed by atoms with van der Waals surface area (Å²) in [6, 6.07) is 0. The zero-order chi connectivity index (χ0) is 10.9. The minimum absolute atomic E-state index is 0.274. The van der Waals surface area contributed by atoms with E-state index in [1.807, 2.05) is 0 Å². The minimum atomic E-state index is -0.274. The lowest BCUT2D eigenvalue weighted by Crippen LogP contribution is -2.25. The predicted molar refractivity (Wildman–Crippen MR) is 53.0 cm³/mol. The maximum absolute atomic E-state index is 11.4. The SMILES string of the molecule is [N-]=[N+]=NCCCNC(=O)c1cnccn1.